The molecule has 0 saturated carbocycles. The van der Waals surface area contributed by atoms with Gasteiger partial charge in [-0.1, -0.05) is 5.16 Å². The van der Waals surface area contributed by atoms with E-state index in [9.17, 15) is 5.11 Å². The molecule has 1 fully saturated rings. The normalized spacial score (nSPS) is 23.0. The first-order valence-corrected chi connectivity index (χ1v) is 7.76. The Hall–Kier alpha value is -1.73. The number of piperidine rings is 1. The Kier molecular flexibility index (Phi) is 4.26. The first-order valence-electron chi connectivity index (χ1n) is 7.76. The van der Waals surface area contributed by atoms with E-state index in [1.165, 1.54) is 0 Å². The Labute approximate surface area is 130 Å². The molecule has 3 rings (SSSR count). The van der Waals surface area contributed by atoms with Crippen LogP contribution in [0.2, 0.25) is 0 Å². The summed E-state index contributed by atoms with van der Waals surface area (Å²) in [4.78, 5) is 10.7. The Morgan fingerprint density at radius 2 is 2.23 bits per heavy atom. The van der Waals surface area contributed by atoms with Crippen molar-refractivity contribution in [3.63, 3.8) is 0 Å². The topological polar surface area (TPSA) is 80.2 Å². The highest BCUT2D eigenvalue weighted by Gasteiger charge is 2.35. The minimum atomic E-state index is -0.777. The zero-order valence-electron chi connectivity index (χ0n) is 13.2. The van der Waals surface area contributed by atoms with E-state index in [0.717, 1.165) is 38.3 Å². The zero-order chi connectivity index (χ0) is 15.6. The number of rotatable bonds is 5. The number of aliphatic hydroxyl groups is 1. The molecule has 0 radical (unpaired) electrons. The molecular weight excluding hydrogens is 282 g/mol. The Bertz CT molecular complexity index is 623. The molecule has 0 bridgehead atoms. The van der Waals surface area contributed by atoms with E-state index in [2.05, 4.69) is 24.6 Å². The minimum Gasteiger partial charge on any atom is -0.388 e. The quantitative estimate of drug-likeness (QED) is 0.886. The summed E-state index contributed by atoms with van der Waals surface area (Å²) in [6.45, 7) is 7.24. The van der Waals surface area contributed by atoms with Gasteiger partial charge in [0.15, 0.2) is 5.82 Å². The molecule has 1 aliphatic rings. The van der Waals surface area contributed by atoms with Crippen LogP contribution < -0.4 is 0 Å². The maximum absolute atomic E-state index is 10.8. The van der Waals surface area contributed by atoms with Crippen molar-refractivity contribution in [3.05, 3.63) is 29.9 Å². The predicted octanol–water partition coefficient (Wildman–Crippen LogP) is 0.953. The second kappa shape index (κ2) is 6.18. The lowest BCUT2D eigenvalue weighted by molar-refractivity contribution is -0.0356. The van der Waals surface area contributed by atoms with Gasteiger partial charge in [0.05, 0.1) is 12.0 Å². The molecule has 2 aromatic rings. The van der Waals surface area contributed by atoms with Crippen LogP contribution in [0.3, 0.4) is 0 Å². The van der Waals surface area contributed by atoms with E-state index >= 15 is 0 Å². The summed E-state index contributed by atoms with van der Waals surface area (Å²) in [5.41, 5.74) is -0.777. The largest absolute Gasteiger partial charge is 0.388 e. The lowest BCUT2D eigenvalue weighted by Crippen LogP contribution is -2.50. The van der Waals surface area contributed by atoms with E-state index in [1.807, 2.05) is 19.3 Å². The molecule has 3 heterocycles. The van der Waals surface area contributed by atoms with Crippen LogP contribution >= 0.6 is 0 Å². The van der Waals surface area contributed by atoms with Gasteiger partial charge in [0.2, 0.25) is 5.89 Å². The molecule has 7 heteroatoms. The van der Waals surface area contributed by atoms with Gasteiger partial charge < -0.3 is 14.2 Å². The van der Waals surface area contributed by atoms with Gasteiger partial charge in [0.1, 0.15) is 5.82 Å². The molecule has 1 aliphatic heterocycles. The average molecular weight is 305 g/mol. The maximum Gasteiger partial charge on any atom is 0.229 e. The van der Waals surface area contributed by atoms with Gasteiger partial charge in [0.25, 0.3) is 0 Å². The van der Waals surface area contributed by atoms with E-state index in [-0.39, 0.29) is 0 Å². The highest BCUT2D eigenvalue weighted by Crippen LogP contribution is 2.24. The van der Waals surface area contributed by atoms with Crippen LogP contribution in [0, 0.1) is 13.8 Å². The molecule has 2 aromatic heterocycles. The van der Waals surface area contributed by atoms with Crippen molar-refractivity contribution in [2.75, 3.05) is 19.6 Å². The van der Waals surface area contributed by atoms with Crippen molar-refractivity contribution in [1.82, 2.24) is 24.6 Å². The molecule has 1 unspecified atom stereocenters. The highest BCUT2D eigenvalue weighted by atomic mass is 16.5. The number of nitrogens with zero attached hydrogens (tertiary/aromatic N) is 5. The summed E-state index contributed by atoms with van der Waals surface area (Å²) in [5, 5.41) is 14.6. The fraction of sp³-hybridized carbons (Fsp3) is 0.667. The summed E-state index contributed by atoms with van der Waals surface area (Å²) in [6.07, 6.45) is 5.99. The molecule has 120 valence electrons. The summed E-state index contributed by atoms with van der Waals surface area (Å²) < 4.78 is 7.28. The molecule has 0 aliphatic carbocycles. The van der Waals surface area contributed by atoms with Crippen LogP contribution in [0.25, 0.3) is 0 Å². The van der Waals surface area contributed by atoms with Crippen LogP contribution in [0.1, 0.15) is 30.4 Å². The summed E-state index contributed by atoms with van der Waals surface area (Å²) in [7, 11) is 0. The van der Waals surface area contributed by atoms with Gasteiger partial charge >= 0.3 is 0 Å². The summed E-state index contributed by atoms with van der Waals surface area (Å²) in [5.74, 6) is 2.16. The number of aromatic nitrogens is 4. The van der Waals surface area contributed by atoms with Gasteiger partial charge in [-0.3, -0.25) is 4.90 Å². The SMILES string of the molecule is Cc1noc(CC2(O)CCCN(CCn3ccnc3C)C2)n1. The number of likely N-dealkylation sites (tertiary alicyclic amines) is 1. The van der Waals surface area contributed by atoms with Gasteiger partial charge in [-0.2, -0.15) is 4.98 Å². The van der Waals surface area contributed by atoms with Gasteiger partial charge in [-0.15, -0.1) is 0 Å². The third-order valence-corrected chi connectivity index (χ3v) is 4.27. The smallest absolute Gasteiger partial charge is 0.229 e. The molecule has 0 aromatic carbocycles. The van der Waals surface area contributed by atoms with Crippen molar-refractivity contribution >= 4 is 0 Å². The summed E-state index contributed by atoms with van der Waals surface area (Å²) in [6, 6.07) is 0. The van der Waals surface area contributed by atoms with Crippen LogP contribution in [-0.2, 0) is 13.0 Å². The molecule has 1 N–H and O–H groups in total. The maximum atomic E-state index is 10.8. The Morgan fingerprint density at radius 1 is 1.36 bits per heavy atom. The minimum absolute atomic E-state index is 0.425. The lowest BCUT2D eigenvalue weighted by Gasteiger charge is -2.38. The van der Waals surface area contributed by atoms with Crippen molar-refractivity contribution in [1.29, 1.82) is 0 Å². The molecule has 0 spiro atoms. The van der Waals surface area contributed by atoms with Gasteiger partial charge in [-0.05, 0) is 33.2 Å². The van der Waals surface area contributed by atoms with Crippen molar-refractivity contribution in [2.45, 2.75) is 45.3 Å². The number of imidazole rings is 1. The van der Waals surface area contributed by atoms with Gasteiger partial charge in [0, 0.05) is 32.0 Å². The molecule has 7 nitrogen and oxygen atoms in total. The number of β-amino-alcohol motifs (C(OH)–C–C–N with tert-alkyl or cyclic N) is 1. The molecule has 22 heavy (non-hydrogen) atoms. The second-order valence-corrected chi connectivity index (χ2v) is 6.18. The van der Waals surface area contributed by atoms with E-state index in [1.54, 1.807) is 6.92 Å². The number of aryl methyl sites for hydroxylation is 2. The van der Waals surface area contributed by atoms with E-state index < -0.39 is 5.60 Å². The van der Waals surface area contributed by atoms with Crippen molar-refractivity contribution < 1.29 is 9.63 Å². The predicted molar refractivity (Wildman–Crippen MR) is 80.3 cm³/mol. The van der Waals surface area contributed by atoms with E-state index in [4.69, 9.17) is 4.52 Å². The van der Waals surface area contributed by atoms with Crippen LogP contribution in [0.4, 0.5) is 0 Å². The first-order chi connectivity index (χ1) is 10.5. The zero-order valence-corrected chi connectivity index (χ0v) is 13.2. The Morgan fingerprint density at radius 3 is 2.91 bits per heavy atom. The lowest BCUT2D eigenvalue weighted by atomic mass is 9.89. The van der Waals surface area contributed by atoms with Gasteiger partial charge in [-0.25, -0.2) is 4.98 Å². The van der Waals surface area contributed by atoms with Crippen LogP contribution in [0.15, 0.2) is 16.9 Å². The monoisotopic (exact) mass is 305 g/mol. The van der Waals surface area contributed by atoms with Crippen LogP contribution in [-0.4, -0.2) is 54.9 Å². The fourth-order valence-corrected chi connectivity index (χ4v) is 3.12. The van der Waals surface area contributed by atoms with Crippen LogP contribution in [0.5, 0.6) is 0 Å². The summed E-state index contributed by atoms with van der Waals surface area (Å²) >= 11 is 0. The first kappa shape index (κ1) is 15.2. The molecule has 1 atom stereocenters. The van der Waals surface area contributed by atoms with Crippen molar-refractivity contribution in [2.24, 2.45) is 0 Å². The molecule has 1 saturated heterocycles. The molecule has 0 amide bonds. The number of hydrogen-bond donors (Lipinski definition) is 1. The third-order valence-electron chi connectivity index (χ3n) is 4.27. The molecular formula is C15H23N5O2. The number of hydrogen-bond acceptors (Lipinski definition) is 6. The average Bonchev–Trinajstić information content (AvgIpc) is 3.05. The highest BCUT2D eigenvalue weighted by molar-refractivity contribution is 4.96. The third kappa shape index (κ3) is 3.53. The fourth-order valence-electron chi connectivity index (χ4n) is 3.12. The Balaban J connectivity index is 1.57. The van der Waals surface area contributed by atoms with E-state index in [0.29, 0.717) is 24.7 Å². The second-order valence-electron chi connectivity index (χ2n) is 6.18. The standard InChI is InChI=1S/C15H23N5O2/c1-12-17-14(22-18-12)10-15(21)4-3-6-19(11-15)8-9-20-7-5-16-13(20)2/h5,7,21H,3-4,6,8-11H2,1-2H3. The van der Waals surface area contributed by atoms with Crippen molar-refractivity contribution in [3.8, 4) is 0 Å².